The minimum Gasteiger partial charge on any atom is -0.481 e. The van der Waals surface area contributed by atoms with E-state index in [1.165, 1.54) is 24.8 Å². The molecule has 0 amide bonds. The molecule has 1 aromatic carbocycles. The molecule has 176 valence electrons. The Kier molecular flexibility index (Phi) is 5.37. The van der Waals surface area contributed by atoms with Crippen LogP contribution in [0.25, 0.3) is 11.1 Å². The fourth-order valence-electron chi connectivity index (χ4n) is 5.51. The van der Waals surface area contributed by atoms with E-state index in [4.69, 9.17) is 4.74 Å². The molecule has 8 heteroatoms. The van der Waals surface area contributed by atoms with E-state index in [0.29, 0.717) is 12.5 Å². The van der Waals surface area contributed by atoms with E-state index in [1.807, 2.05) is 12.3 Å². The highest BCUT2D eigenvalue weighted by atomic mass is 32.1. The zero-order valence-corrected chi connectivity index (χ0v) is 19.8. The highest BCUT2D eigenvalue weighted by Crippen LogP contribution is 2.51. The van der Waals surface area contributed by atoms with Crippen LogP contribution in [0.3, 0.4) is 0 Å². The van der Waals surface area contributed by atoms with Gasteiger partial charge in [-0.1, -0.05) is 42.0 Å². The number of benzene rings is 1. The summed E-state index contributed by atoms with van der Waals surface area (Å²) in [7, 11) is 0. The van der Waals surface area contributed by atoms with Crippen LogP contribution >= 0.6 is 11.3 Å². The minimum absolute atomic E-state index is 0.00485. The Hall–Kier alpha value is -2.84. The first-order valence-electron chi connectivity index (χ1n) is 12.1. The molecule has 0 spiro atoms. The van der Waals surface area contributed by atoms with Gasteiger partial charge in [-0.2, -0.15) is 0 Å². The average molecular weight is 477 g/mol. The summed E-state index contributed by atoms with van der Waals surface area (Å²) in [6, 6.07) is 12.7. The molecule has 0 unspecified atom stereocenters. The second-order valence-corrected chi connectivity index (χ2v) is 11.0. The van der Waals surface area contributed by atoms with Crippen LogP contribution in [0.4, 0.5) is 10.9 Å². The molecule has 34 heavy (non-hydrogen) atoms. The van der Waals surface area contributed by atoms with Crippen LogP contribution in [0.15, 0.2) is 42.6 Å². The number of hydrogen-bond acceptors (Lipinski definition) is 7. The number of ether oxygens (including phenoxy) is 1. The molecular formula is C26H28N4O3S. The smallest absolute Gasteiger partial charge is 0.306 e. The van der Waals surface area contributed by atoms with E-state index in [2.05, 4.69) is 50.8 Å². The highest BCUT2D eigenvalue weighted by Gasteiger charge is 2.51. The zero-order valence-electron chi connectivity index (χ0n) is 19.0. The van der Waals surface area contributed by atoms with E-state index in [1.54, 1.807) is 11.3 Å². The predicted octanol–water partition coefficient (Wildman–Crippen LogP) is 5.67. The number of aliphatic carboxylic acids is 1. The molecule has 0 radical (unpaired) electrons. The van der Waals surface area contributed by atoms with Gasteiger partial charge in [-0.05, 0) is 61.8 Å². The van der Waals surface area contributed by atoms with Crippen LogP contribution in [-0.4, -0.2) is 38.5 Å². The molecule has 2 N–H and O–H groups in total. The van der Waals surface area contributed by atoms with E-state index in [-0.39, 0.29) is 11.8 Å². The Morgan fingerprint density at radius 3 is 2.41 bits per heavy atom. The summed E-state index contributed by atoms with van der Waals surface area (Å²) in [5.74, 6) is 0.587. The quantitative estimate of drug-likeness (QED) is 0.454. The second-order valence-electron chi connectivity index (χ2n) is 10.0. The van der Waals surface area contributed by atoms with Gasteiger partial charge in [0, 0.05) is 23.1 Å². The molecule has 2 saturated carbocycles. The Balaban J connectivity index is 1.11. The first kappa shape index (κ1) is 21.7. The summed E-state index contributed by atoms with van der Waals surface area (Å²) >= 11 is 1.62. The number of fused-ring (bicyclic) bond motifs is 3. The maximum atomic E-state index is 11.2. The van der Waals surface area contributed by atoms with Crippen LogP contribution in [0.2, 0.25) is 0 Å². The van der Waals surface area contributed by atoms with Crippen molar-refractivity contribution in [3.63, 3.8) is 0 Å². The van der Waals surface area contributed by atoms with Gasteiger partial charge in [0.15, 0.2) is 0 Å². The van der Waals surface area contributed by atoms with E-state index in [9.17, 15) is 9.90 Å². The molecule has 7 rings (SSSR count). The number of pyridine rings is 1. The van der Waals surface area contributed by atoms with E-state index < -0.39 is 11.6 Å². The predicted molar refractivity (Wildman–Crippen MR) is 131 cm³/mol. The molecular weight excluding hydrogens is 448 g/mol. The van der Waals surface area contributed by atoms with Crippen molar-refractivity contribution in [3.05, 3.63) is 53.2 Å². The van der Waals surface area contributed by atoms with Crippen LogP contribution in [-0.2, 0) is 14.9 Å². The standard InChI is InChI=1S/C26H28N4O3S/c31-22(32)14-26-12-10-25(11-13-26,16-33-26)20-7-4-17(5-8-20)19-6-9-21(27-15-19)28-24-30-29-23(34-24)18-2-1-3-18/h4-9,15,18H,1-3,10-14,16H2,(H,31,32)(H,27,28,30). The topological polar surface area (TPSA) is 97.2 Å². The summed E-state index contributed by atoms with van der Waals surface area (Å²) in [5.41, 5.74) is 3.01. The molecule has 2 aromatic heterocycles. The van der Waals surface area contributed by atoms with Crippen molar-refractivity contribution in [3.8, 4) is 11.1 Å². The van der Waals surface area contributed by atoms with Crippen LogP contribution in [0.5, 0.6) is 0 Å². The zero-order chi connectivity index (χ0) is 23.2. The average Bonchev–Trinajstić information content (AvgIpc) is 3.27. The largest absolute Gasteiger partial charge is 0.481 e. The molecule has 4 heterocycles. The Morgan fingerprint density at radius 2 is 1.82 bits per heavy atom. The minimum atomic E-state index is -0.768. The van der Waals surface area contributed by atoms with Crippen molar-refractivity contribution in [2.45, 2.75) is 68.3 Å². The van der Waals surface area contributed by atoms with Crippen LogP contribution < -0.4 is 5.32 Å². The SMILES string of the molecule is O=C(O)CC12CCC(c3ccc(-c4ccc(Nc5nnc(C6CCC6)s5)nc4)cc3)(CC1)CO2. The van der Waals surface area contributed by atoms with Gasteiger partial charge in [0.2, 0.25) is 5.13 Å². The van der Waals surface area contributed by atoms with Gasteiger partial charge in [-0.3, -0.25) is 4.79 Å². The number of nitrogens with zero attached hydrogens (tertiary/aromatic N) is 3. The lowest BCUT2D eigenvalue weighted by Gasteiger charge is -2.53. The van der Waals surface area contributed by atoms with Gasteiger partial charge in [0.1, 0.15) is 10.8 Å². The lowest BCUT2D eigenvalue weighted by Crippen LogP contribution is -2.54. The number of carboxylic acid groups (broad SMARTS) is 1. The van der Waals surface area contributed by atoms with Crippen molar-refractivity contribution < 1.29 is 14.6 Å². The van der Waals surface area contributed by atoms with Crippen molar-refractivity contribution in [1.29, 1.82) is 0 Å². The first-order chi connectivity index (χ1) is 16.5. The maximum Gasteiger partial charge on any atom is 0.306 e. The molecule has 2 aliphatic carbocycles. The van der Waals surface area contributed by atoms with Gasteiger partial charge in [-0.25, -0.2) is 4.98 Å². The molecule has 0 atom stereocenters. The van der Waals surface area contributed by atoms with Crippen molar-refractivity contribution >= 4 is 28.3 Å². The molecule has 4 aliphatic rings. The van der Waals surface area contributed by atoms with Gasteiger partial charge in [0.25, 0.3) is 0 Å². The van der Waals surface area contributed by atoms with Crippen LogP contribution in [0, 0.1) is 0 Å². The molecule has 2 bridgehead atoms. The summed E-state index contributed by atoms with van der Waals surface area (Å²) in [4.78, 5) is 15.8. The third-order valence-corrected chi connectivity index (χ3v) is 8.97. The summed E-state index contributed by atoms with van der Waals surface area (Å²) in [5, 5.41) is 23.0. The Bertz CT molecular complexity index is 1160. The number of nitrogens with one attached hydrogen (secondary N) is 1. The fourth-order valence-corrected chi connectivity index (χ4v) is 6.43. The Morgan fingerprint density at radius 1 is 1.06 bits per heavy atom. The fraction of sp³-hybridized carbons (Fsp3) is 0.462. The van der Waals surface area contributed by atoms with E-state index >= 15 is 0 Å². The van der Waals surface area contributed by atoms with Gasteiger partial charge < -0.3 is 15.2 Å². The second kappa shape index (κ2) is 8.43. The van der Waals surface area contributed by atoms with Gasteiger partial charge in [0.05, 0.1) is 18.6 Å². The number of hydrogen-bond donors (Lipinski definition) is 2. The molecule has 2 saturated heterocycles. The first-order valence-corrected chi connectivity index (χ1v) is 12.9. The highest BCUT2D eigenvalue weighted by molar-refractivity contribution is 7.15. The number of carboxylic acids is 1. The normalized spacial score (nSPS) is 26.2. The molecule has 7 nitrogen and oxygen atoms in total. The van der Waals surface area contributed by atoms with Crippen molar-refractivity contribution in [2.75, 3.05) is 11.9 Å². The van der Waals surface area contributed by atoms with Crippen molar-refractivity contribution in [2.24, 2.45) is 0 Å². The third kappa shape index (κ3) is 3.99. The Labute approximate surface area is 202 Å². The summed E-state index contributed by atoms with van der Waals surface area (Å²) < 4.78 is 6.13. The lowest BCUT2D eigenvalue weighted by atomic mass is 9.62. The third-order valence-electron chi connectivity index (χ3n) is 7.97. The maximum absolute atomic E-state index is 11.2. The monoisotopic (exact) mass is 476 g/mol. The van der Waals surface area contributed by atoms with Gasteiger partial charge in [-0.15, -0.1) is 10.2 Å². The number of carbonyl (C=O) groups is 1. The van der Waals surface area contributed by atoms with Crippen LogP contribution in [0.1, 0.15) is 67.9 Å². The molecule has 3 aromatic rings. The number of anilines is 2. The molecule has 4 fully saturated rings. The van der Waals surface area contributed by atoms with Gasteiger partial charge >= 0.3 is 5.97 Å². The lowest BCUT2D eigenvalue weighted by molar-refractivity contribution is -0.174. The summed E-state index contributed by atoms with van der Waals surface area (Å²) in [6.07, 6.45) is 9.33. The van der Waals surface area contributed by atoms with E-state index in [0.717, 1.165) is 52.8 Å². The molecule has 2 aliphatic heterocycles. The number of rotatable bonds is 7. The van der Waals surface area contributed by atoms with Crippen molar-refractivity contribution in [1.82, 2.24) is 15.2 Å². The summed E-state index contributed by atoms with van der Waals surface area (Å²) in [6.45, 7) is 0.607. The number of aromatic nitrogens is 3.